The summed E-state index contributed by atoms with van der Waals surface area (Å²) in [4.78, 5) is 0. The van der Waals surface area contributed by atoms with Crippen LogP contribution in [0, 0.1) is 11.3 Å². The Morgan fingerprint density at radius 3 is 2.57 bits per heavy atom. The molecule has 0 aliphatic rings. The molecule has 40 valence electrons. The van der Waals surface area contributed by atoms with Crippen molar-refractivity contribution in [3.8, 4) is 6.07 Å². The Balaban J connectivity index is 3.03. The van der Waals surface area contributed by atoms with Crippen LogP contribution >= 0.6 is 11.6 Å². The van der Waals surface area contributed by atoms with Crippen molar-refractivity contribution < 1.29 is 5.11 Å². The quantitative estimate of drug-likeness (QED) is 0.538. The first-order valence-corrected chi connectivity index (χ1v) is 2.36. The van der Waals surface area contributed by atoms with Gasteiger partial charge in [0.15, 0.2) is 0 Å². The molecule has 0 aromatic heterocycles. The van der Waals surface area contributed by atoms with E-state index in [2.05, 4.69) is 0 Å². The molecule has 0 fully saturated rings. The van der Waals surface area contributed by atoms with Gasteiger partial charge in [-0.15, -0.1) is 11.6 Å². The van der Waals surface area contributed by atoms with Gasteiger partial charge in [-0.3, -0.25) is 0 Å². The van der Waals surface area contributed by atoms with Crippen molar-refractivity contribution in [3.05, 3.63) is 0 Å². The Labute approximate surface area is 47.3 Å². The predicted octanol–water partition coefficient (Wildman–Crippen LogP) is 0.500. The molecule has 1 unspecified atom stereocenters. The standard InChI is InChI=1S/C4H6ClNO/c5-4(3-7)1-2-6/h4,7H,1,3H2. The van der Waals surface area contributed by atoms with E-state index in [1.165, 1.54) is 0 Å². The van der Waals surface area contributed by atoms with Gasteiger partial charge in [0.05, 0.1) is 24.5 Å². The van der Waals surface area contributed by atoms with Gasteiger partial charge in [-0.2, -0.15) is 5.26 Å². The molecular weight excluding hydrogens is 114 g/mol. The van der Waals surface area contributed by atoms with Crippen molar-refractivity contribution in [1.82, 2.24) is 0 Å². The third kappa shape index (κ3) is 3.57. The lowest BCUT2D eigenvalue weighted by Gasteiger charge is -1.93. The van der Waals surface area contributed by atoms with Crippen LogP contribution in [0.2, 0.25) is 0 Å². The van der Waals surface area contributed by atoms with E-state index in [1.807, 2.05) is 6.07 Å². The minimum Gasteiger partial charge on any atom is -0.395 e. The maximum atomic E-state index is 8.18. The molecule has 0 bridgehead atoms. The zero-order valence-electron chi connectivity index (χ0n) is 3.76. The Kier molecular flexibility index (Phi) is 3.77. The molecule has 0 rings (SSSR count). The van der Waals surface area contributed by atoms with Crippen molar-refractivity contribution >= 4 is 11.6 Å². The van der Waals surface area contributed by atoms with Gasteiger partial charge < -0.3 is 5.11 Å². The van der Waals surface area contributed by atoms with Gasteiger partial charge in [-0.25, -0.2) is 0 Å². The smallest absolute Gasteiger partial charge is 0.0696 e. The van der Waals surface area contributed by atoms with Crippen LogP contribution in [0.15, 0.2) is 0 Å². The number of aliphatic hydroxyl groups is 1. The first-order chi connectivity index (χ1) is 3.31. The van der Waals surface area contributed by atoms with E-state index < -0.39 is 0 Å². The average Bonchev–Trinajstić information content (AvgIpc) is 1.68. The average molecular weight is 120 g/mol. The van der Waals surface area contributed by atoms with Crippen LogP contribution in [0.1, 0.15) is 6.42 Å². The Bertz CT molecular complexity index is 78.2. The highest BCUT2D eigenvalue weighted by Gasteiger charge is 1.97. The van der Waals surface area contributed by atoms with Crippen LogP contribution in [0.25, 0.3) is 0 Å². The summed E-state index contributed by atoms with van der Waals surface area (Å²) in [6, 6.07) is 1.83. The Morgan fingerprint density at radius 1 is 1.86 bits per heavy atom. The van der Waals surface area contributed by atoms with E-state index >= 15 is 0 Å². The summed E-state index contributed by atoms with van der Waals surface area (Å²) in [6.45, 7) is -0.116. The van der Waals surface area contributed by atoms with Gasteiger partial charge in [0.2, 0.25) is 0 Å². The predicted molar refractivity (Wildman–Crippen MR) is 27.0 cm³/mol. The summed E-state index contributed by atoms with van der Waals surface area (Å²) in [5.41, 5.74) is 0. The minimum absolute atomic E-state index is 0.116. The van der Waals surface area contributed by atoms with Crippen LogP contribution in [0.3, 0.4) is 0 Å². The summed E-state index contributed by atoms with van der Waals surface area (Å²) in [6.07, 6.45) is 0.220. The van der Waals surface area contributed by atoms with E-state index in [0.717, 1.165) is 0 Å². The monoisotopic (exact) mass is 119 g/mol. The molecule has 0 aromatic rings. The summed E-state index contributed by atoms with van der Waals surface area (Å²) < 4.78 is 0. The number of halogens is 1. The summed E-state index contributed by atoms with van der Waals surface area (Å²) in [5.74, 6) is 0. The third-order valence-corrected chi connectivity index (χ3v) is 0.803. The highest BCUT2D eigenvalue weighted by atomic mass is 35.5. The second kappa shape index (κ2) is 3.91. The van der Waals surface area contributed by atoms with Crippen molar-refractivity contribution in [2.24, 2.45) is 0 Å². The fourth-order valence-electron chi connectivity index (χ4n) is 0.164. The molecule has 0 saturated carbocycles. The molecule has 0 spiro atoms. The number of alkyl halides is 1. The zero-order valence-corrected chi connectivity index (χ0v) is 4.52. The first kappa shape index (κ1) is 6.74. The number of aliphatic hydroxyl groups excluding tert-OH is 1. The lowest BCUT2D eigenvalue weighted by molar-refractivity contribution is 0.293. The van der Waals surface area contributed by atoms with Crippen LogP contribution in [-0.4, -0.2) is 17.1 Å². The number of rotatable bonds is 2. The fourth-order valence-corrected chi connectivity index (χ4v) is 0.233. The van der Waals surface area contributed by atoms with Crippen LogP contribution in [-0.2, 0) is 0 Å². The van der Waals surface area contributed by atoms with Crippen molar-refractivity contribution in [1.29, 1.82) is 5.26 Å². The van der Waals surface area contributed by atoms with Gasteiger partial charge in [-0.1, -0.05) is 0 Å². The SMILES string of the molecule is N#CCC(Cl)CO. The molecule has 0 radical (unpaired) electrons. The molecule has 0 aromatic carbocycles. The minimum atomic E-state index is -0.384. The van der Waals surface area contributed by atoms with Gasteiger partial charge in [0.25, 0.3) is 0 Å². The highest BCUT2D eigenvalue weighted by Crippen LogP contribution is 1.96. The van der Waals surface area contributed by atoms with Crippen LogP contribution in [0.5, 0.6) is 0 Å². The molecule has 1 N–H and O–H groups in total. The Hall–Kier alpha value is -0.260. The molecule has 0 aliphatic heterocycles. The number of hydrogen-bond acceptors (Lipinski definition) is 2. The number of hydrogen-bond donors (Lipinski definition) is 1. The van der Waals surface area contributed by atoms with E-state index in [9.17, 15) is 0 Å². The normalized spacial score (nSPS) is 12.7. The van der Waals surface area contributed by atoms with Gasteiger partial charge in [0, 0.05) is 0 Å². The van der Waals surface area contributed by atoms with Crippen molar-refractivity contribution in [2.75, 3.05) is 6.61 Å². The summed E-state index contributed by atoms with van der Waals surface area (Å²) >= 11 is 5.29. The lowest BCUT2D eigenvalue weighted by atomic mass is 10.3. The Morgan fingerprint density at radius 2 is 2.43 bits per heavy atom. The zero-order chi connectivity index (χ0) is 5.70. The molecule has 0 aliphatic carbocycles. The molecule has 1 atom stereocenters. The third-order valence-electron chi connectivity index (χ3n) is 0.511. The number of nitriles is 1. The molecule has 7 heavy (non-hydrogen) atoms. The van der Waals surface area contributed by atoms with Crippen molar-refractivity contribution in [2.45, 2.75) is 11.8 Å². The van der Waals surface area contributed by atoms with Gasteiger partial charge in [0.1, 0.15) is 0 Å². The van der Waals surface area contributed by atoms with Crippen LogP contribution < -0.4 is 0 Å². The maximum absolute atomic E-state index is 8.18. The van der Waals surface area contributed by atoms with Gasteiger partial charge >= 0.3 is 0 Å². The molecule has 2 nitrogen and oxygen atoms in total. The van der Waals surface area contributed by atoms with Gasteiger partial charge in [-0.05, 0) is 0 Å². The largest absolute Gasteiger partial charge is 0.395 e. The second-order valence-corrected chi connectivity index (χ2v) is 1.76. The highest BCUT2D eigenvalue weighted by molar-refractivity contribution is 6.20. The summed E-state index contributed by atoms with van der Waals surface area (Å²) in [7, 11) is 0. The molecule has 3 heteroatoms. The van der Waals surface area contributed by atoms with Crippen LogP contribution in [0.4, 0.5) is 0 Å². The molecular formula is C4H6ClNO. The number of nitrogens with zero attached hydrogens (tertiary/aromatic N) is 1. The molecule has 0 heterocycles. The lowest BCUT2D eigenvalue weighted by Crippen LogP contribution is -2.01. The summed E-state index contributed by atoms with van der Waals surface area (Å²) in [5, 5.41) is 15.7. The fraction of sp³-hybridized carbons (Fsp3) is 0.750. The second-order valence-electron chi connectivity index (χ2n) is 1.14. The van der Waals surface area contributed by atoms with Crippen molar-refractivity contribution in [3.63, 3.8) is 0 Å². The van der Waals surface area contributed by atoms with E-state index in [4.69, 9.17) is 22.0 Å². The topological polar surface area (TPSA) is 44.0 Å². The maximum Gasteiger partial charge on any atom is 0.0696 e. The van der Waals surface area contributed by atoms with E-state index in [-0.39, 0.29) is 18.4 Å². The molecule has 0 saturated heterocycles. The van der Waals surface area contributed by atoms with E-state index in [0.29, 0.717) is 0 Å². The molecule has 0 amide bonds. The first-order valence-electron chi connectivity index (χ1n) is 1.93. The van der Waals surface area contributed by atoms with E-state index in [1.54, 1.807) is 0 Å².